The van der Waals surface area contributed by atoms with Gasteiger partial charge in [-0.2, -0.15) is 0 Å². The maximum Gasteiger partial charge on any atom is 0.235 e. The van der Waals surface area contributed by atoms with Gasteiger partial charge in [-0.25, -0.2) is 0 Å². The van der Waals surface area contributed by atoms with Crippen LogP contribution in [0.25, 0.3) is 6.08 Å². The molecule has 2 amide bonds. The van der Waals surface area contributed by atoms with Crippen molar-refractivity contribution in [3.05, 3.63) is 42.0 Å². The van der Waals surface area contributed by atoms with Gasteiger partial charge in [0, 0.05) is 45.2 Å². The van der Waals surface area contributed by atoms with E-state index in [1.165, 1.54) is 5.56 Å². The van der Waals surface area contributed by atoms with Crippen LogP contribution in [0.1, 0.15) is 45.6 Å². The second kappa shape index (κ2) is 8.87. The van der Waals surface area contributed by atoms with E-state index in [1.807, 2.05) is 6.07 Å². The van der Waals surface area contributed by atoms with E-state index in [-0.39, 0.29) is 28.6 Å². The van der Waals surface area contributed by atoms with Crippen molar-refractivity contribution in [3.63, 3.8) is 0 Å². The molecule has 4 rings (SSSR count). The summed E-state index contributed by atoms with van der Waals surface area (Å²) in [6.45, 7) is 13.0. The maximum atomic E-state index is 13.1. The lowest BCUT2D eigenvalue weighted by molar-refractivity contribution is -0.167. The molecule has 2 aliphatic heterocycles. The molecule has 0 unspecified atom stereocenters. The first-order valence-electron chi connectivity index (χ1n) is 11.8. The summed E-state index contributed by atoms with van der Waals surface area (Å²) in [6.07, 6.45) is 7.00. The number of amides is 2. The molecule has 1 aromatic rings. The molecule has 5 heteroatoms. The molecule has 2 heterocycles. The number of piperidine rings is 1. The smallest absolute Gasteiger partial charge is 0.235 e. The summed E-state index contributed by atoms with van der Waals surface area (Å²) in [5.74, 6) is 0.133. The molecule has 2 atom stereocenters. The average Bonchev–Trinajstić information content (AvgIpc) is 2.96. The number of likely N-dealkylation sites (tertiary alicyclic amines) is 1. The number of benzene rings is 1. The van der Waals surface area contributed by atoms with Gasteiger partial charge in [-0.3, -0.25) is 19.4 Å². The van der Waals surface area contributed by atoms with Crippen LogP contribution < -0.4 is 0 Å². The van der Waals surface area contributed by atoms with E-state index < -0.39 is 0 Å². The van der Waals surface area contributed by atoms with E-state index in [0.29, 0.717) is 6.54 Å². The first-order chi connectivity index (χ1) is 14.8. The van der Waals surface area contributed by atoms with Crippen LogP contribution in [0.5, 0.6) is 0 Å². The predicted octanol–water partition coefficient (Wildman–Crippen LogP) is 3.52. The van der Waals surface area contributed by atoms with Gasteiger partial charge in [-0.1, -0.05) is 63.3 Å². The van der Waals surface area contributed by atoms with Crippen molar-refractivity contribution in [3.8, 4) is 0 Å². The third-order valence-corrected chi connectivity index (χ3v) is 8.30. The molecule has 1 saturated carbocycles. The number of imide groups is 1. The third kappa shape index (κ3) is 4.22. The van der Waals surface area contributed by atoms with Crippen molar-refractivity contribution in [1.82, 2.24) is 14.7 Å². The Bertz CT molecular complexity index is 826. The molecule has 1 aromatic carbocycles. The molecular formula is C26H37N3O2. The Hall–Kier alpha value is -1.98. The van der Waals surface area contributed by atoms with Gasteiger partial charge in [-0.05, 0) is 36.8 Å². The number of nitrogens with zero attached hydrogens (tertiary/aromatic N) is 3. The zero-order valence-electron chi connectivity index (χ0n) is 19.3. The molecule has 2 bridgehead atoms. The summed E-state index contributed by atoms with van der Waals surface area (Å²) in [5.41, 5.74) is 0.640. The van der Waals surface area contributed by atoms with Gasteiger partial charge in [0.25, 0.3) is 0 Å². The lowest BCUT2D eigenvalue weighted by atomic mass is 9.62. The zero-order chi connectivity index (χ0) is 22.1. The Balaban J connectivity index is 1.20. The second-order valence-electron chi connectivity index (χ2n) is 10.2. The molecule has 3 fully saturated rings. The number of hydrogen-bond donors (Lipinski definition) is 0. The minimum atomic E-state index is -0.384. The van der Waals surface area contributed by atoms with Crippen molar-refractivity contribution in [2.45, 2.75) is 40.0 Å². The molecule has 0 radical (unpaired) electrons. The van der Waals surface area contributed by atoms with Crippen LogP contribution in [0.4, 0.5) is 0 Å². The third-order valence-electron chi connectivity index (χ3n) is 8.30. The van der Waals surface area contributed by atoms with E-state index in [4.69, 9.17) is 0 Å². The fraction of sp³-hybridized carbons (Fsp3) is 0.615. The Kier molecular flexibility index (Phi) is 6.36. The van der Waals surface area contributed by atoms with Crippen molar-refractivity contribution < 1.29 is 9.59 Å². The molecular weight excluding hydrogens is 386 g/mol. The predicted molar refractivity (Wildman–Crippen MR) is 124 cm³/mol. The van der Waals surface area contributed by atoms with E-state index >= 15 is 0 Å². The average molecular weight is 424 g/mol. The van der Waals surface area contributed by atoms with E-state index in [9.17, 15) is 9.59 Å². The molecule has 0 aromatic heterocycles. The highest BCUT2D eigenvalue weighted by molar-refractivity contribution is 6.03. The normalized spacial score (nSPS) is 29.3. The van der Waals surface area contributed by atoms with Crippen molar-refractivity contribution in [2.75, 3.05) is 45.8 Å². The summed E-state index contributed by atoms with van der Waals surface area (Å²) >= 11 is 0. The van der Waals surface area contributed by atoms with Gasteiger partial charge in [0.2, 0.25) is 11.8 Å². The van der Waals surface area contributed by atoms with Crippen LogP contribution in [0.3, 0.4) is 0 Å². The standard InChI is InChI=1S/C26H37N3O2/c1-25(2)22-12-13-26(25,3)24(31)29(23(22)30)16-8-15-28-19-17-27(18-20-28)14-7-11-21-9-5-4-6-10-21/h4-7,9-11,22H,8,12-20H2,1-3H3/b11-7+/t22-,26+/m0/s1. The fourth-order valence-electron chi connectivity index (χ4n) is 5.66. The van der Waals surface area contributed by atoms with Crippen LogP contribution in [-0.2, 0) is 9.59 Å². The molecule has 1 aliphatic carbocycles. The van der Waals surface area contributed by atoms with Gasteiger partial charge >= 0.3 is 0 Å². The monoisotopic (exact) mass is 423 g/mol. The topological polar surface area (TPSA) is 43.9 Å². The van der Waals surface area contributed by atoms with Crippen molar-refractivity contribution >= 4 is 17.9 Å². The lowest BCUT2D eigenvalue weighted by Gasteiger charge is -2.47. The Labute approximate surface area is 187 Å². The van der Waals surface area contributed by atoms with Crippen LogP contribution in [0.2, 0.25) is 0 Å². The molecule has 5 nitrogen and oxygen atoms in total. The Morgan fingerprint density at radius 2 is 1.65 bits per heavy atom. The molecule has 2 saturated heterocycles. The maximum absolute atomic E-state index is 13.1. The summed E-state index contributed by atoms with van der Waals surface area (Å²) in [7, 11) is 0. The second-order valence-corrected chi connectivity index (χ2v) is 10.2. The van der Waals surface area contributed by atoms with Gasteiger partial charge < -0.3 is 4.90 Å². The number of hydrogen-bond acceptors (Lipinski definition) is 4. The van der Waals surface area contributed by atoms with Crippen LogP contribution in [0.15, 0.2) is 36.4 Å². The van der Waals surface area contributed by atoms with Crippen LogP contribution in [0, 0.1) is 16.7 Å². The number of carbonyl (C=O) groups is 2. The highest BCUT2D eigenvalue weighted by atomic mass is 16.2. The number of fused-ring (bicyclic) bond motifs is 2. The van der Waals surface area contributed by atoms with Crippen LogP contribution >= 0.6 is 0 Å². The van der Waals surface area contributed by atoms with Gasteiger partial charge in [0.1, 0.15) is 0 Å². The minimum Gasteiger partial charge on any atom is -0.301 e. The molecule has 0 N–H and O–H groups in total. The van der Waals surface area contributed by atoms with E-state index in [1.54, 1.807) is 4.90 Å². The Morgan fingerprint density at radius 1 is 0.968 bits per heavy atom. The number of carbonyl (C=O) groups excluding carboxylic acids is 2. The highest BCUT2D eigenvalue weighted by Gasteiger charge is 2.64. The van der Waals surface area contributed by atoms with Gasteiger partial charge in [-0.15, -0.1) is 0 Å². The minimum absolute atomic E-state index is 0.00249. The number of piperazine rings is 1. The van der Waals surface area contributed by atoms with Gasteiger partial charge in [0.05, 0.1) is 5.41 Å². The SMILES string of the molecule is CC1(C)[C@H]2CC[C@]1(C)C(=O)N(CCCN1CCN(C/C=C/c3ccccc3)CC1)C2=O. The van der Waals surface area contributed by atoms with Crippen LogP contribution in [-0.4, -0.2) is 72.3 Å². The van der Waals surface area contributed by atoms with Crippen molar-refractivity contribution in [2.24, 2.45) is 16.7 Å². The first kappa shape index (κ1) is 22.2. The first-order valence-corrected chi connectivity index (χ1v) is 11.8. The fourth-order valence-corrected chi connectivity index (χ4v) is 5.66. The summed E-state index contributed by atoms with van der Waals surface area (Å²) in [5, 5.41) is 0. The molecule has 168 valence electrons. The van der Waals surface area contributed by atoms with Crippen molar-refractivity contribution in [1.29, 1.82) is 0 Å². The quantitative estimate of drug-likeness (QED) is 0.630. The molecule has 3 aliphatic rings. The summed E-state index contributed by atoms with van der Waals surface area (Å²) in [4.78, 5) is 32.6. The highest BCUT2D eigenvalue weighted by Crippen LogP contribution is 2.60. The number of rotatable bonds is 7. The molecule has 0 spiro atoms. The zero-order valence-corrected chi connectivity index (χ0v) is 19.3. The van der Waals surface area contributed by atoms with E-state index in [2.05, 4.69) is 67.0 Å². The van der Waals surface area contributed by atoms with Gasteiger partial charge in [0.15, 0.2) is 0 Å². The Morgan fingerprint density at radius 3 is 2.35 bits per heavy atom. The van der Waals surface area contributed by atoms with E-state index in [0.717, 1.165) is 58.5 Å². The summed E-state index contributed by atoms with van der Waals surface area (Å²) in [6, 6.07) is 10.4. The molecule has 31 heavy (non-hydrogen) atoms. The lowest BCUT2D eigenvalue weighted by Crippen LogP contribution is -2.59. The largest absolute Gasteiger partial charge is 0.301 e. The summed E-state index contributed by atoms with van der Waals surface area (Å²) < 4.78 is 0.